The van der Waals surface area contributed by atoms with Gasteiger partial charge in [-0.2, -0.15) is 0 Å². The van der Waals surface area contributed by atoms with Crippen molar-refractivity contribution in [2.75, 3.05) is 7.11 Å². The minimum absolute atomic E-state index is 0.145. The molecule has 0 spiro atoms. The number of nitrogens with two attached hydrogens (primary N) is 1. The normalized spacial score (nSPS) is 20.9. The summed E-state index contributed by atoms with van der Waals surface area (Å²) >= 11 is 0. The molecule has 0 unspecified atom stereocenters. The van der Waals surface area contributed by atoms with Crippen LogP contribution in [0.15, 0.2) is 12.3 Å². The number of rotatable bonds is 1. The number of hydrogen-bond donors (Lipinski definition) is 1. The molecule has 1 aromatic heterocycles. The lowest BCUT2D eigenvalue weighted by Gasteiger charge is -2.21. The Morgan fingerprint density at radius 3 is 3.23 bits per heavy atom. The van der Waals surface area contributed by atoms with Gasteiger partial charge in [-0.3, -0.25) is 4.98 Å². The maximum absolute atomic E-state index is 5.97. The van der Waals surface area contributed by atoms with Crippen molar-refractivity contribution in [3.05, 3.63) is 23.5 Å². The van der Waals surface area contributed by atoms with Crippen LogP contribution < -0.4 is 10.5 Å². The molecular formula is C10H14N2O. The van der Waals surface area contributed by atoms with E-state index in [-0.39, 0.29) is 6.04 Å². The average molecular weight is 178 g/mol. The molecule has 1 aliphatic carbocycles. The highest BCUT2D eigenvalue weighted by Gasteiger charge is 2.18. The molecule has 13 heavy (non-hydrogen) atoms. The Morgan fingerprint density at radius 2 is 2.46 bits per heavy atom. The fourth-order valence-corrected chi connectivity index (χ4v) is 1.78. The van der Waals surface area contributed by atoms with Gasteiger partial charge in [-0.15, -0.1) is 0 Å². The first kappa shape index (κ1) is 8.51. The Morgan fingerprint density at radius 1 is 1.62 bits per heavy atom. The third kappa shape index (κ3) is 1.52. The second kappa shape index (κ2) is 3.34. The predicted octanol–water partition coefficient (Wildman–Crippen LogP) is 1.43. The maximum atomic E-state index is 5.97. The lowest BCUT2D eigenvalue weighted by atomic mass is 9.92. The van der Waals surface area contributed by atoms with E-state index >= 15 is 0 Å². The minimum atomic E-state index is 0.145. The van der Waals surface area contributed by atoms with Crippen LogP contribution in [0.5, 0.6) is 5.75 Å². The van der Waals surface area contributed by atoms with E-state index in [1.807, 2.05) is 6.07 Å². The summed E-state index contributed by atoms with van der Waals surface area (Å²) in [6.45, 7) is 0. The quantitative estimate of drug-likeness (QED) is 0.707. The lowest BCUT2D eigenvalue weighted by molar-refractivity contribution is 0.409. The van der Waals surface area contributed by atoms with E-state index in [4.69, 9.17) is 10.5 Å². The van der Waals surface area contributed by atoms with Gasteiger partial charge in [0.1, 0.15) is 5.75 Å². The number of fused-ring (bicyclic) bond motifs is 1. The van der Waals surface area contributed by atoms with E-state index in [1.54, 1.807) is 13.3 Å². The lowest BCUT2D eigenvalue weighted by Crippen LogP contribution is -2.18. The van der Waals surface area contributed by atoms with Gasteiger partial charge < -0.3 is 10.5 Å². The molecule has 3 heteroatoms. The van der Waals surface area contributed by atoms with Gasteiger partial charge in [0, 0.05) is 11.7 Å². The van der Waals surface area contributed by atoms with E-state index in [0.29, 0.717) is 0 Å². The van der Waals surface area contributed by atoms with E-state index in [0.717, 1.165) is 36.3 Å². The summed E-state index contributed by atoms with van der Waals surface area (Å²) in [7, 11) is 1.65. The van der Waals surface area contributed by atoms with Gasteiger partial charge in [-0.05, 0) is 30.9 Å². The van der Waals surface area contributed by atoms with Gasteiger partial charge in [-0.1, -0.05) is 0 Å². The topological polar surface area (TPSA) is 48.1 Å². The first-order chi connectivity index (χ1) is 6.31. The van der Waals surface area contributed by atoms with Gasteiger partial charge >= 0.3 is 0 Å². The number of nitrogens with zero attached hydrogens (tertiary/aromatic N) is 1. The smallest absolute Gasteiger partial charge is 0.137 e. The van der Waals surface area contributed by atoms with Crippen molar-refractivity contribution in [3.63, 3.8) is 0 Å². The Labute approximate surface area is 77.9 Å². The summed E-state index contributed by atoms with van der Waals surface area (Å²) in [5, 5.41) is 0. The van der Waals surface area contributed by atoms with Crippen molar-refractivity contribution in [2.45, 2.75) is 25.3 Å². The van der Waals surface area contributed by atoms with Crippen molar-refractivity contribution in [1.29, 1.82) is 0 Å². The standard InChI is InChI=1S/C10H14N2O/c1-13-7-5-8-9(11)3-2-4-10(8)12-6-7/h5-6,9H,2-4,11H2,1H3/t9-/m0/s1. The second-order valence-electron chi connectivity index (χ2n) is 3.41. The number of pyridine rings is 1. The molecule has 0 aromatic carbocycles. The molecule has 1 atom stereocenters. The molecular weight excluding hydrogens is 164 g/mol. The average Bonchev–Trinajstić information content (AvgIpc) is 2.18. The molecule has 0 fully saturated rings. The number of aryl methyl sites for hydroxylation is 1. The van der Waals surface area contributed by atoms with Crippen LogP contribution >= 0.6 is 0 Å². The Bertz CT molecular complexity index is 312. The van der Waals surface area contributed by atoms with Crippen LogP contribution in [0.4, 0.5) is 0 Å². The highest BCUT2D eigenvalue weighted by atomic mass is 16.5. The first-order valence-electron chi connectivity index (χ1n) is 4.59. The van der Waals surface area contributed by atoms with Gasteiger partial charge in [0.15, 0.2) is 0 Å². The number of hydrogen-bond acceptors (Lipinski definition) is 3. The number of ether oxygens (including phenoxy) is 1. The zero-order chi connectivity index (χ0) is 9.26. The van der Waals surface area contributed by atoms with Crippen molar-refractivity contribution in [2.24, 2.45) is 5.73 Å². The number of aromatic nitrogens is 1. The molecule has 1 aromatic rings. The summed E-state index contributed by atoms with van der Waals surface area (Å²) in [5.41, 5.74) is 8.27. The fourth-order valence-electron chi connectivity index (χ4n) is 1.78. The van der Waals surface area contributed by atoms with Crippen LogP contribution in [-0.2, 0) is 6.42 Å². The van der Waals surface area contributed by atoms with Gasteiger partial charge in [0.2, 0.25) is 0 Å². The van der Waals surface area contributed by atoms with Crippen LogP contribution in [0.2, 0.25) is 0 Å². The summed E-state index contributed by atoms with van der Waals surface area (Å²) in [5.74, 6) is 0.802. The monoisotopic (exact) mass is 178 g/mol. The number of methoxy groups -OCH3 is 1. The molecule has 3 nitrogen and oxygen atoms in total. The molecule has 2 N–H and O–H groups in total. The van der Waals surface area contributed by atoms with Crippen LogP contribution in [0.25, 0.3) is 0 Å². The van der Waals surface area contributed by atoms with E-state index < -0.39 is 0 Å². The molecule has 0 amide bonds. The molecule has 0 saturated heterocycles. The highest BCUT2D eigenvalue weighted by molar-refractivity contribution is 5.33. The van der Waals surface area contributed by atoms with Crippen molar-refractivity contribution in [1.82, 2.24) is 4.98 Å². The summed E-state index contributed by atoms with van der Waals surface area (Å²) in [6.07, 6.45) is 5.01. The zero-order valence-corrected chi connectivity index (χ0v) is 7.79. The van der Waals surface area contributed by atoms with Crippen molar-refractivity contribution < 1.29 is 4.74 Å². The van der Waals surface area contributed by atoms with E-state index in [9.17, 15) is 0 Å². The Hall–Kier alpha value is -1.09. The summed E-state index contributed by atoms with van der Waals surface area (Å²) in [6, 6.07) is 2.15. The van der Waals surface area contributed by atoms with Gasteiger partial charge in [0.25, 0.3) is 0 Å². The Balaban J connectivity index is 2.41. The Kier molecular flexibility index (Phi) is 2.19. The molecule has 70 valence electrons. The molecule has 1 heterocycles. The molecule has 0 bridgehead atoms. The van der Waals surface area contributed by atoms with E-state index in [1.165, 1.54) is 0 Å². The molecule has 0 radical (unpaired) electrons. The molecule has 1 aliphatic rings. The first-order valence-corrected chi connectivity index (χ1v) is 4.59. The summed E-state index contributed by atoms with van der Waals surface area (Å²) < 4.78 is 5.11. The largest absolute Gasteiger partial charge is 0.495 e. The molecule has 0 saturated carbocycles. The molecule has 2 rings (SSSR count). The zero-order valence-electron chi connectivity index (χ0n) is 7.79. The van der Waals surface area contributed by atoms with Crippen molar-refractivity contribution >= 4 is 0 Å². The molecule has 0 aliphatic heterocycles. The van der Waals surface area contributed by atoms with Gasteiger partial charge in [-0.25, -0.2) is 0 Å². The second-order valence-corrected chi connectivity index (χ2v) is 3.41. The third-order valence-corrected chi connectivity index (χ3v) is 2.54. The predicted molar refractivity (Wildman–Crippen MR) is 50.7 cm³/mol. The van der Waals surface area contributed by atoms with Gasteiger partial charge in [0.05, 0.1) is 13.3 Å². The fraction of sp³-hybridized carbons (Fsp3) is 0.500. The SMILES string of the molecule is COc1cnc2c(c1)[C@@H](N)CCC2. The highest BCUT2D eigenvalue weighted by Crippen LogP contribution is 2.28. The van der Waals surface area contributed by atoms with Crippen molar-refractivity contribution in [3.8, 4) is 5.75 Å². The summed E-state index contributed by atoms with van der Waals surface area (Å²) in [4.78, 5) is 4.34. The minimum Gasteiger partial charge on any atom is -0.495 e. The van der Waals surface area contributed by atoms with Crippen LogP contribution in [0, 0.1) is 0 Å². The van der Waals surface area contributed by atoms with E-state index in [2.05, 4.69) is 4.98 Å². The van der Waals surface area contributed by atoms with Crippen LogP contribution in [-0.4, -0.2) is 12.1 Å². The van der Waals surface area contributed by atoms with Crippen LogP contribution in [0.3, 0.4) is 0 Å². The van der Waals surface area contributed by atoms with Crippen LogP contribution in [0.1, 0.15) is 30.1 Å². The maximum Gasteiger partial charge on any atom is 0.137 e. The third-order valence-electron chi connectivity index (χ3n) is 2.54.